The van der Waals surface area contributed by atoms with E-state index >= 15 is 0 Å². The number of nitrogens with zero attached hydrogens (tertiary/aromatic N) is 2. The molecule has 3 aromatic rings. The molecular weight excluding hydrogens is 329 g/mol. The SMILES string of the molecule is O=S(=O)(NCc1cccnc1-c1cccnc1)c1cccc(F)c1. The lowest BCUT2D eigenvalue weighted by molar-refractivity contribution is 0.577. The van der Waals surface area contributed by atoms with Crippen molar-refractivity contribution >= 4 is 10.0 Å². The van der Waals surface area contributed by atoms with Gasteiger partial charge in [-0.25, -0.2) is 17.5 Å². The highest BCUT2D eigenvalue weighted by Gasteiger charge is 2.16. The third-order valence-electron chi connectivity index (χ3n) is 3.39. The van der Waals surface area contributed by atoms with Crippen molar-refractivity contribution in [2.75, 3.05) is 0 Å². The van der Waals surface area contributed by atoms with Crippen LogP contribution < -0.4 is 4.72 Å². The summed E-state index contributed by atoms with van der Waals surface area (Å²) in [6, 6.07) is 12.0. The number of hydrogen-bond acceptors (Lipinski definition) is 4. The number of hydrogen-bond donors (Lipinski definition) is 1. The van der Waals surface area contributed by atoms with E-state index in [4.69, 9.17) is 0 Å². The molecule has 0 spiro atoms. The molecule has 0 radical (unpaired) electrons. The summed E-state index contributed by atoms with van der Waals surface area (Å²) < 4.78 is 40.3. The predicted molar refractivity (Wildman–Crippen MR) is 87.9 cm³/mol. The van der Waals surface area contributed by atoms with Crippen molar-refractivity contribution < 1.29 is 12.8 Å². The molecule has 3 rings (SSSR count). The average molecular weight is 343 g/mol. The molecule has 0 aliphatic carbocycles. The summed E-state index contributed by atoms with van der Waals surface area (Å²) in [5.74, 6) is -0.602. The summed E-state index contributed by atoms with van der Waals surface area (Å²) in [6.45, 7) is 0.0386. The summed E-state index contributed by atoms with van der Waals surface area (Å²) >= 11 is 0. The van der Waals surface area contributed by atoms with Crippen molar-refractivity contribution in [1.29, 1.82) is 0 Å². The number of sulfonamides is 1. The summed E-state index contributed by atoms with van der Waals surface area (Å²) in [5.41, 5.74) is 2.14. The van der Waals surface area contributed by atoms with Crippen molar-refractivity contribution in [2.45, 2.75) is 11.4 Å². The Bertz CT molecular complexity index is 947. The monoisotopic (exact) mass is 343 g/mol. The first-order chi connectivity index (χ1) is 11.6. The largest absolute Gasteiger partial charge is 0.264 e. The van der Waals surface area contributed by atoms with Gasteiger partial charge >= 0.3 is 0 Å². The van der Waals surface area contributed by atoms with Crippen LogP contribution in [0.15, 0.2) is 72.0 Å². The lowest BCUT2D eigenvalue weighted by Gasteiger charge is -2.10. The zero-order valence-electron chi connectivity index (χ0n) is 12.6. The van der Waals surface area contributed by atoms with Gasteiger partial charge in [-0.05, 0) is 42.0 Å². The number of halogens is 1. The van der Waals surface area contributed by atoms with Gasteiger partial charge in [0.1, 0.15) is 5.82 Å². The molecule has 1 aromatic carbocycles. The van der Waals surface area contributed by atoms with Gasteiger partial charge in [-0.15, -0.1) is 0 Å². The molecule has 0 aliphatic heterocycles. The molecule has 5 nitrogen and oxygen atoms in total. The van der Waals surface area contributed by atoms with Crippen LogP contribution >= 0.6 is 0 Å². The van der Waals surface area contributed by atoms with Crippen LogP contribution in [0.25, 0.3) is 11.3 Å². The summed E-state index contributed by atoms with van der Waals surface area (Å²) in [6.07, 6.45) is 4.94. The number of aromatic nitrogens is 2. The van der Waals surface area contributed by atoms with Gasteiger partial charge in [-0.3, -0.25) is 9.97 Å². The van der Waals surface area contributed by atoms with Crippen LogP contribution in [0.2, 0.25) is 0 Å². The molecule has 24 heavy (non-hydrogen) atoms. The molecule has 0 saturated heterocycles. The van der Waals surface area contributed by atoms with Gasteiger partial charge in [-0.1, -0.05) is 12.1 Å². The second kappa shape index (κ2) is 6.86. The van der Waals surface area contributed by atoms with Crippen LogP contribution in [0, 0.1) is 5.82 Å². The van der Waals surface area contributed by atoms with Gasteiger partial charge in [0.2, 0.25) is 10.0 Å². The molecule has 1 N–H and O–H groups in total. The second-order valence-electron chi connectivity index (χ2n) is 5.03. The number of pyridine rings is 2. The molecule has 0 fully saturated rings. The minimum atomic E-state index is -3.81. The van der Waals surface area contributed by atoms with E-state index in [2.05, 4.69) is 14.7 Å². The highest BCUT2D eigenvalue weighted by atomic mass is 32.2. The average Bonchev–Trinajstić information content (AvgIpc) is 2.61. The van der Waals surface area contributed by atoms with Crippen LogP contribution in [0.1, 0.15) is 5.56 Å². The summed E-state index contributed by atoms with van der Waals surface area (Å²) in [5, 5.41) is 0. The van der Waals surface area contributed by atoms with Gasteiger partial charge in [0.05, 0.1) is 10.6 Å². The third-order valence-corrected chi connectivity index (χ3v) is 4.78. The van der Waals surface area contributed by atoms with Crippen molar-refractivity contribution in [2.24, 2.45) is 0 Å². The maximum absolute atomic E-state index is 13.2. The smallest absolute Gasteiger partial charge is 0.240 e. The highest BCUT2D eigenvalue weighted by Crippen LogP contribution is 2.20. The van der Waals surface area contributed by atoms with Crippen molar-refractivity contribution in [1.82, 2.24) is 14.7 Å². The quantitative estimate of drug-likeness (QED) is 0.773. The van der Waals surface area contributed by atoms with Crippen LogP contribution in [0.4, 0.5) is 4.39 Å². The molecule has 0 bridgehead atoms. The Morgan fingerprint density at radius 1 is 1.04 bits per heavy atom. The number of rotatable bonds is 5. The number of benzene rings is 1. The first kappa shape index (κ1) is 16.2. The van der Waals surface area contributed by atoms with E-state index in [0.29, 0.717) is 11.3 Å². The van der Waals surface area contributed by atoms with Crippen LogP contribution in [0.5, 0.6) is 0 Å². The van der Waals surface area contributed by atoms with E-state index in [-0.39, 0.29) is 11.4 Å². The molecule has 2 heterocycles. The maximum atomic E-state index is 13.2. The first-order valence-electron chi connectivity index (χ1n) is 7.16. The normalized spacial score (nSPS) is 11.4. The Kier molecular flexibility index (Phi) is 4.64. The molecule has 0 amide bonds. The fraction of sp³-hybridized carbons (Fsp3) is 0.0588. The maximum Gasteiger partial charge on any atom is 0.240 e. The van der Waals surface area contributed by atoms with Crippen LogP contribution in [-0.2, 0) is 16.6 Å². The summed E-state index contributed by atoms with van der Waals surface area (Å²) in [7, 11) is -3.81. The zero-order valence-corrected chi connectivity index (χ0v) is 13.4. The summed E-state index contributed by atoms with van der Waals surface area (Å²) in [4.78, 5) is 8.23. The fourth-order valence-corrected chi connectivity index (χ4v) is 3.27. The van der Waals surface area contributed by atoms with E-state index in [1.165, 1.54) is 18.2 Å². The Hall–Kier alpha value is -2.64. The number of nitrogens with one attached hydrogen (secondary N) is 1. The molecule has 122 valence electrons. The molecule has 0 atom stereocenters. The highest BCUT2D eigenvalue weighted by molar-refractivity contribution is 7.89. The minimum absolute atomic E-state index is 0.0386. The molecule has 2 aromatic heterocycles. The Morgan fingerprint density at radius 2 is 1.88 bits per heavy atom. The van der Waals surface area contributed by atoms with Crippen molar-refractivity contribution in [3.63, 3.8) is 0 Å². The Labute approximate surface area is 139 Å². The standard InChI is InChI=1S/C17H14FN3O2S/c18-15-6-1-7-16(10-15)24(22,23)21-12-14-5-3-9-20-17(14)13-4-2-8-19-11-13/h1-11,21H,12H2. The third kappa shape index (κ3) is 3.64. The topological polar surface area (TPSA) is 72.0 Å². The van der Waals surface area contributed by atoms with Gasteiger partial charge in [0, 0.05) is 30.7 Å². The molecule has 0 saturated carbocycles. The van der Waals surface area contributed by atoms with E-state index in [1.807, 2.05) is 6.07 Å². The van der Waals surface area contributed by atoms with E-state index < -0.39 is 15.8 Å². The van der Waals surface area contributed by atoms with Crippen LogP contribution in [0.3, 0.4) is 0 Å². The van der Waals surface area contributed by atoms with E-state index in [0.717, 1.165) is 11.6 Å². The zero-order chi connectivity index (χ0) is 17.0. The van der Waals surface area contributed by atoms with Gasteiger partial charge < -0.3 is 0 Å². The van der Waals surface area contributed by atoms with Gasteiger partial charge in [0.15, 0.2) is 0 Å². The van der Waals surface area contributed by atoms with Gasteiger partial charge in [0.25, 0.3) is 0 Å². The Balaban J connectivity index is 1.85. The van der Waals surface area contributed by atoms with Crippen LogP contribution in [-0.4, -0.2) is 18.4 Å². The molecule has 0 aliphatic rings. The Morgan fingerprint density at radius 3 is 2.62 bits per heavy atom. The van der Waals surface area contributed by atoms with Crippen molar-refractivity contribution in [3.8, 4) is 11.3 Å². The minimum Gasteiger partial charge on any atom is -0.264 e. The predicted octanol–water partition coefficient (Wildman–Crippen LogP) is 2.76. The molecular formula is C17H14FN3O2S. The lowest BCUT2D eigenvalue weighted by atomic mass is 10.1. The fourth-order valence-electron chi connectivity index (χ4n) is 2.23. The van der Waals surface area contributed by atoms with Gasteiger partial charge in [-0.2, -0.15) is 0 Å². The molecule has 7 heteroatoms. The van der Waals surface area contributed by atoms with E-state index in [1.54, 1.807) is 36.8 Å². The van der Waals surface area contributed by atoms with Crippen molar-refractivity contribution in [3.05, 3.63) is 78.5 Å². The first-order valence-corrected chi connectivity index (χ1v) is 8.64. The van der Waals surface area contributed by atoms with E-state index in [9.17, 15) is 12.8 Å². The lowest BCUT2D eigenvalue weighted by Crippen LogP contribution is -2.23. The molecule has 0 unspecified atom stereocenters. The second-order valence-corrected chi connectivity index (χ2v) is 6.80.